The lowest BCUT2D eigenvalue weighted by Crippen LogP contribution is -2.08. The fourth-order valence-electron chi connectivity index (χ4n) is 1.34. The van der Waals surface area contributed by atoms with Gasteiger partial charge >= 0.3 is 12.1 Å². The van der Waals surface area contributed by atoms with Crippen LogP contribution in [0.15, 0.2) is 23.1 Å². The average molecular weight is 335 g/mol. The third kappa shape index (κ3) is 5.96. The molecule has 1 aromatic carbocycles. The number of Topliss-reactive ketones (excluding diaryl/α,β-unsaturated/α-hetero) is 1. The van der Waals surface area contributed by atoms with Crippen molar-refractivity contribution in [2.75, 3.05) is 5.88 Å². The molecule has 0 heterocycles. The second-order valence-corrected chi connectivity index (χ2v) is 4.92. The summed E-state index contributed by atoms with van der Waals surface area (Å²) in [5.74, 6) is -1.22. The smallest absolute Gasteiger partial charge is 0.435 e. The Hall–Kier alpha value is -1.02. The van der Waals surface area contributed by atoms with Gasteiger partial charge in [0.15, 0.2) is 5.78 Å². The van der Waals surface area contributed by atoms with E-state index in [1.807, 2.05) is 0 Å². The summed E-state index contributed by atoms with van der Waals surface area (Å²) in [4.78, 5) is 10.8. The van der Waals surface area contributed by atoms with Gasteiger partial charge in [-0.05, 0) is 29.5 Å². The van der Waals surface area contributed by atoms with E-state index in [9.17, 15) is 26.7 Å². The molecule has 0 bridgehead atoms. The lowest BCUT2D eigenvalue weighted by Gasteiger charge is -2.13. The van der Waals surface area contributed by atoms with Gasteiger partial charge in [-0.2, -0.15) is 22.0 Å². The van der Waals surface area contributed by atoms with Crippen molar-refractivity contribution in [1.29, 1.82) is 0 Å². The van der Waals surface area contributed by atoms with Crippen LogP contribution in [0.4, 0.5) is 22.0 Å². The molecule has 2 nitrogen and oxygen atoms in total. The minimum atomic E-state index is -4.61. The van der Waals surface area contributed by atoms with E-state index in [0.717, 1.165) is 18.2 Å². The number of rotatable bonds is 6. The summed E-state index contributed by atoms with van der Waals surface area (Å²) >= 11 is 4.79. The van der Waals surface area contributed by atoms with Crippen LogP contribution >= 0.6 is 23.4 Å². The summed E-state index contributed by atoms with van der Waals surface area (Å²) in [7, 11) is 0. The van der Waals surface area contributed by atoms with Gasteiger partial charge in [0.25, 0.3) is 0 Å². The number of hydrogen-bond acceptors (Lipinski definition) is 3. The first-order valence-corrected chi connectivity index (χ1v) is 6.47. The zero-order valence-electron chi connectivity index (χ0n) is 9.72. The number of alkyl halides is 6. The first-order chi connectivity index (χ1) is 9.21. The summed E-state index contributed by atoms with van der Waals surface area (Å²) in [6.07, 6.45) is -0.309. The molecule has 0 amide bonds. The minimum absolute atomic E-state index is 0.0552. The molecule has 0 aliphatic heterocycles. The van der Waals surface area contributed by atoms with Crippen LogP contribution in [0.5, 0.6) is 5.75 Å². The van der Waals surface area contributed by atoms with Crippen LogP contribution in [-0.4, -0.2) is 23.8 Å². The van der Waals surface area contributed by atoms with E-state index in [1.54, 1.807) is 0 Å². The Morgan fingerprint density at radius 3 is 2.50 bits per heavy atom. The molecular weight excluding hydrogens is 327 g/mol. The zero-order chi connectivity index (χ0) is 15.3. The molecule has 0 spiro atoms. The number of ketones is 1. The molecule has 0 aliphatic carbocycles. The monoisotopic (exact) mass is 334 g/mol. The maximum Gasteiger partial charge on any atom is 0.446 e. The van der Waals surface area contributed by atoms with Crippen molar-refractivity contribution in [3.63, 3.8) is 0 Å². The normalized spacial score (nSPS) is 11.8. The predicted octanol–water partition coefficient (Wildman–Crippen LogP) is 4.25. The number of ether oxygens (including phenoxy) is 1. The highest BCUT2D eigenvalue weighted by Gasteiger charge is 2.31. The number of thioether (sulfide) groups is 1. The Kier molecular flexibility index (Phi) is 6.07. The van der Waals surface area contributed by atoms with Gasteiger partial charge in [0.05, 0.1) is 5.88 Å². The van der Waals surface area contributed by atoms with Gasteiger partial charge in [-0.1, -0.05) is 6.07 Å². The Balaban J connectivity index is 3.05. The number of carbonyl (C=O) groups is 1. The molecule has 0 saturated heterocycles. The van der Waals surface area contributed by atoms with Crippen LogP contribution in [0.25, 0.3) is 0 Å². The van der Waals surface area contributed by atoms with Crippen LogP contribution in [0, 0.1) is 0 Å². The summed E-state index contributed by atoms with van der Waals surface area (Å²) < 4.78 is 65.3. The average Bonchev–Trinajstić information content (AvgIpc) is 2.29. The van der Waals surface area contributed by atoms with Gasteiger partial charge in [0.1, 0.15) is 5.75 Å². The van der Waals surface area contributed by atoms with Crippen molar-refractivity contribution >= 4 is 29.1 Å². The Labute approximate surface area is 120 Å². The predicted molar refractivity (Wildman–Crippen MR) is 64.4 cm³/mol. The molecule has 0 aliphatic rings. The van der Waals surface area contributed by atoms with Crippen LogP contribution in [0.3, 0.4) is 0 Å². The van der Waals surface area contributed by atoms with Crippen molar-refractivity contribution in [3.8, 4) is 5.75 Å². The topological polar surface area (TPSA) is 26.3 Å². The highest BCUT2D eigenvalue weighted by molar-refractivity contribution is 8.00. The molecule has 9 heteroatoms. The standard InChI is InChI=1S/C11H8ClF5O2S/c12-5-7(18)3-6-1-2-8(19-10(13)14)4-9(6)20-11(15,16)17/h1-2,4,10H,3,5H2. The fourth-order valence-corrected chi connectivity index (χ4v) is 2.13. The Bertz CT molecular complexity index is 478. The molecule has 0 saturated carbocycles. The van der Waals surface area contributed by atoms with E-state index < -0.39 is 35.4 Å². The minimum Gasteiger partial charge on any atom is -0.435 e. The molecule has 1 rings (SSSR count). The van der Waals surface area contributed by atoms with Crippen molar-refractivity contribution in [1.82, 2.24) is 0 Å². The van der Waals surface area contributed by atoms with Crippen molar-refractivity contribution < 1.29 is 31.5 Å². The van der Waals surface area contributed by atoms with E-state index in [2.05, 4.69) is 4.74 Å². The lowest BCUT2D eigenvalue weighted by atomic mass is 10.1. The largest absolute Gasteiger partial charge is 0.446 e. The molecule has 0 unspecified atom stereocenters. The quantitative estimate of drug-likeness (QED) is 0.442. The SMILES string of the molecule is O=C(CCl)Cc1ccc(OC(F)F)cc1SC(F)(F)F. The van der Waals surface area contributed by atoms with E-state index >= 15 is 0 Å². The third-order valence-electron chi connectivity index (χ3n) is 2.03. The van der Waals surface area contributed by atoms with Gasteiger partial charge in [0, 0.05) is 11.3 Å². The van der Waals surface area contributed by atoms with Gasteiger partial charge in [-0.25, -0.2) is 0 Å². The second-order valence-electron chi connectivity index (χ2n) is 3.54. The molecule has 1 aromatic rings. The van der Waals surface area contributed by atoms with Crippen molar-refractivity contribution in [2.24, 2.45) is 0 Å². The van der Waals surface area contributed by atoms with E-state index in [-0.39, 0.29) is 22.8 Å². The van der Waals surface area contributed by atoms with E-state index in [1.165, 1.54) is 0 Å². The summed E-state index contributed by atoms with van der Waals surface area (Å²) in [5, 5.41) is 0. The molecule has 20 heavy (non-hydrogen) atoms. The lowest BCUT2D eigenvalue weighted by molar-refractivity contribution is -0.116. The molecule has 0 radical (unpaired) electrons. The number of carbonyl (C=O) groups excluding carboxylic acids is 1. The number of benzene rings is 1. The first kappa shape index (κ1) is 17.0. The number of halogens is 6. The molecule has 0 N–H and O–H groups in total. The van der Waals surface area contributed by atoms with Gasteiger partial charge < -0.3 is 4.74 Å². The highest BCUT2D eigenvalue weighted by Crippen LogP contribution is 2.40. The second kappa shape index (κ2) is 7.12. The first-order valence-electron chi connectivity index (χ1n) is 5.12. The Morgan fingerprint density at radius 1 is 1.35 bits per heavy atom. The molecule has 0 fully saturated rings. The van der Waals surface area contributed by atoms with Crippen LogP contribution < -0.4 is 4.74 Å². The van der Waals surface area contributed by atoms with Gasteiger partial charge in [-0.3, -0.25) is 4.79 Å². The maximum atomic E-state index is 12.4. The zero-order valence-corrected chi connectivity index (χ0v) is 11.3. The Morgan fingerprint density at radius 2 is 2.00 bits per heavy atom. The third-order valence-corrected chi connectivity index (χ3v) is 3.16. The number of hydrogen-bond donors (Lipinski definition) is 0. The summed E-state index contributed by atoms with van der Waals surface area (Å²) in [5.41, 5.74) is -4.55. The molecule has 0 aromatic heterocycles. The molecule has 112 valence electrons. The van der Waals surface area contributed by atoms with Crippen LogP contribution in [0.2, 0.25) is 0 Å². The van der Waals surface area contributed by atoms with Gasteiger partial charge in [-0.15, -0.1) is 11.6 Å². The van der Waals surface area contributed by atoms with Gasteiger partial charge in [0.2, 0.25) is 0 Å². The summed E-state index contributed by atoms with van der Waals surface area (Å²) in [6.45, 7) is -3.14. The van der Waals surface area contributed by atoms with Crippen LogP contribution in [0.1, 0.15) is 5.56 Å². The molecule has 0 atom stereocenters. The summed E-state index contributed by atoms with van der Waals surface area (Å²) in [6, 6.07) is 3.03. The van der Waals surface area contributed by atoms with Crippen LogP contribution in [-0.2, 0) is 11.2 Å². The maximum absolute atomic E-state index is 12.4. The highest BCUT2D eigenvalue weighted by atomic mass is 35.5. The molecular formula is C11H8ClF5O2S. The van der Waals surface area contributed by atoms with E-state index in [4.69, 9.17) is 11.6 Å². The van der Waals surface area contributed by atoms with E-state index in [0.29, 0.717) is 0 Å². The fraction of sp³-hybridized carbons (Fsp3) is 0.364. The van der Waals surface area contributed by atoms with Crippen molar-refractivity contribution in [2.45, 2.75) is 23.4 Å². The van der Waals surface area contributed by atoms with Crippen molar-refractivity contribution in [3.05, 3.63) is 23.8 Å².